The van der Waals surface area contributed by atoms with Crippen LogP contribution >= 0.6 is 45.1 Å². The second-order valence-electron chi connectivity index (χ2n) is 17.2. The van der Waals surface area contributed by atoms with Crippen molar-refractivity contribution in [3.05, 3.63) is 93.3 Å². The number of urea groups is 1. The van der Waals surface area contributed by atoms with Gasteiger partial charge in [-0.25, -0.2) is 28.1 Å². The van der Waals surface area contributed by atoms with E-state index in [1.165, 1.54) is 39.9 Å². The summed E-state index contributed by atoms with van der Waals surface area (Å²) in [5.74, 6) is 5.75. The molecule has 14 N–H and O–H groups in total. The molecule has 3 aliphatic rings. The van der Waals surface area contributed by atoms with Crippen LogP contribution in [0.2, 0.25) is 0 Å². The van der Waals surface area contributed by atoms with Crippen LogP contribution in [0.4, 0.5) is 16.3 Å². The van der Waals surface area contributed by atoms with Gasteiger partial charge in [0.05, 0.1) is 42.4 Å². The van der Waals surface area contributed by atoms with E-state index < -0.39 is 96.9 Å². The third-order valence-corrected chi connectivity index (χ3v) is 19.0. The molecule has 476 valence electrons. The van der Waals surface area contributed by atoms with Crippen molar-refractivity contribution in [3.63, 3.8) is 0 Å². The van der Waals surface area contributed by atoms with Crippen LogP contribution in [0.25, 0.3) is 33.4 Å². The summed E-state index contributed by atoms with van der Waals surface area (Å²) in [6, 6.07) is 14.1. The van der Waals surface area contributed by atoms with Crippen molar-refractivity contribution in [2.45, 2.75) is 51.0 Å². The fraction of sp³-hybridized carbons (Fsp3) is 0.378. The van der Waals surface area contributed by atoms with E-state index in [4.69, 9.17) is 86.3 Å². The molecule has 0 bridgehead atoms. The molecule has 1 aromatic heterocycles. The van der Waals surface area contributed by atoms with Crippen molar-refractivity contribution in [2.24, 2.45) is 0 Å². The molecule has 3 aromatic rings. The molecule has 1 fully saturated rings. The van der Waals surface area contributed by atoms with Gasteiger partial charge < -0.3 is 70.7 Å². The Kier molecular flexibility index (Phi) is 30.0. The van der Waals surface area contributed by atoms with Gasteiger partial charge in [-0.1, -0.05) is 49.8 Å². The predicted molar refractivity (Wildman–Crippen MR) is 316 cm³/mol. The number of carboxylic acid groups (broad SMARTS) is 1. The summed E-state index contributed by atoms with van der Waals surface area (Å²) in [5.41, 5.74) is 13.9. The molecule has 0 spiro atoms. The first-order valence-corrected chi connectivity index (χ1v) is 36.0. The maximum absolute atomic E-state index is 13.3. The second-order valence-corrected chi connectivity index (χ2v) is 28.1. The number of rotatable bonds is 28. The molecule has 3 amide bonds. The Labute approximate surface area is 511 Å². The van der Waals surface area contributed by atoms with E-state index in [1.807, 2.05) is 6.92 Å². The normalized spacial score (nSPS) is 16.3. The molecular formula is C45H56N8O25P3S6+. The van der Waals surface area contributed by atoms with Crippen LogP contribution in [0.15, 0.2) is 70.0 Å². The summed E-state index contributed by atoms with van der Waals surface area (Å²) in [4.78, 5) is 91.9. The highest BCUT2D eigenvalue weighted by Gasteiger charge is 2.44. The topological polar surface area (TPSA) is 523 Å². The van der Waals surface area contributed by atoms with E-state index in [1.54, 1.807) is 42.5 Å². The van der Waals surface area contributed by atoms with E-state index in [0.717, 1.165) is 17.4 Å². The number of hydrogen-bond donors (Lipinski definition) is 11. The molecular weight excluding hydrogens is 1340 g/mol. The number of nitrogens with one attached hydrogen (secondary N) is 3. The molecule has 1 aliphatic carbocycles. The number of benzene rings is 3. The molecule has 2 aromatic carbocycles. The molecule has 0 radical (unpaired) electrons. The molecule has 87 heavy (non-hydrogen) atoms. The number of ether oxygens (including phenoxy) is 3. The monoisotopic (exact) mass is 1390 g/mol. The molecule has 2 aliphatic heterocycles. The van der Waals surface area contributed by atoms with Gasteiger partial charge in [-0.3, -0.25) is 19.3 Å². The molecule has 1 saturated heterocycles. The Hall–Kier alpha value is -5.82. The number of aromatic carboxylic acids is 1. The van der Waals surface area contributed by atoms with E-state index >= 15 is 0 Å². The Morgan fingerprint density at radius 3 is 2.29 bits per heavy atom. The zero-order valence-electron chi connectivity index (χ0n) is 45.0. The van der Waals surface area contributed by atoms with Gasteiger partial charge in [-0.2, -0.15) is 13.6 Å². The number of nitrogens with two attached hydrogens (primary N) is 3. The van der Waals surface area contributed by atoms with Crippen LogP contribution < -0.4 is 43.9 Å². The number of amides is 3. The van der Waals surface area contributed by atoms with Crippen molar-refractivity contribution < 1.29 is 115 Å². The van der Waals surface area contributed by atoms with Gasteiger partial charge in [-0.15, -0.1) is 25.3 Å². The lowest BCUT2D eigenvalue weighted by atomic mass is 9.89. The largest absolute Gasteiger partial charge is 0.490 e. The third-order valence-electron chi connectivity index (χ3n) is 11.1. The minimum absolute atomic E-state index is 0.00299. The number of anilines is 2. The number of carboxylic acids is 1. The van der Waals surface area contributed by atoms with Crippen LogP contribution in [0, 0.1) is 11.8 Å². The van der Waals surface area contributed by atoms with Gasteiger partial charge in [0.2, 0.25) is 0 Å². The maximum Gasteiger partial charge on any atom is 0.490 e. The van der Waals surface area contributed by atoms with Crippen molar-refractivity contribution in [1.82, 2.24) is 25.5 Å². The molecule has 4 unspecified atom stereocenters. The average molecular weight is 1390 g/mol. The Morgan fingerprint density at radius 2 is 1.61 bits per heavy atom. The van der Waals surface area contributed by atoms with Crippen molar-refractivity contribution in [2.75, 3.05) is 67.7 Å². The lowest BCUT2D eigenvalue weighted by Gasteiger charge is -2.21. The zero-order chi connectivity index (χ0) is 64.6. The molecule has 33 nitrogen and oxygen atoms in total. The van der Waals surface area contributed by atoms with Crippen LogP contribution in [0.1, 0.15) is 65.1 Å². The number of carbonyl (C=O) groups excluding carboxylic acids is 2. The van der Waals surface area contributed by atoms with Crippen molar-refractivity contribution >= 4 is 127 Å². The van der Waals surface area contributed by atoms with Crippen LogP contribution in [-0.4, -0.2) is 146 Å². The summed E-state index contributed by atoms with van der Waals surface area (Å²) in [6.45, 7) is 2.10. The number of nitrogens with zero attached hydrogens (tertiary/aromatic N) is 2. The first-order valence-electron chi connectivity index (χ1n) is 24.5. The number of nitrogen functional groups attached to an aromatic ring is 2. The first kappa shape index (κ1) is 73.6. The number of hydrogen-bond acceptors (Lipinski definition) is 26. The quantitative estimate of drug-likeness (QED) is 0.00632. The van der Waals surface area contributed by atoms with E-state index in [2.05, 4.69) is 41.4 Å². The molecule has 42 heteroatoms. The zero-order valence-corrected chi connectivity index (χ0v) is 52.6. The maximum atomic E-state index is 13.3. The van der Waals surface area contributed by atoms with Gasteiger partial charge in [0.15, 0.2) is 5.36 Å². The fourth-order valence-electron chi connectivity index (χ4n) is 7.52. The molecule has 6 atom stereocenters. The van der Waals surface area contributed by atoms with Crippen LogP contribution in [-0.2, 0) is 82.9 Å². The van der Waals surface area contributed by atoms with Gasteiger partial charge >= 0.3 is 62.4 Å². The Morgan fingerprint density at radius 1 is 0.897 bits per heavy atom. The highest BCUT2D eigenvalue weighted by molar-refractivity contribution is 8.76. The highest BCUT2D eigenvalue weighted by Crippen LogP contribution is 2.66. The lowest BCUT2D eigenvalue weighted by Crippen LogP contribution is -2.44. The summed E-state index contributed by atoms with van der Waals surface area (Å²) < 4.78 is 123. The molecule has 3 heterocycles. The minimum Gasteiger partial charge on any atom is -0.478 e. The highest BCUT2D eigenvalue weighted by atomic mass is 33.1. The fourth-order valence-corrected chi connectivity index (χ4v) is 12.8. The summed E-state index contributed by atoms with van der Waals surface area (Å²) in [5, 5.41) is 25.5. The Bertz CT molecular complexity index is 3810. The summed E-state index contributed by atoms with van der Waals surface area (Å²) in [6.07, 6.45) is 0.102. The average Bonchev–Trinajstić information content (AvgIpc) is 1.13. The van der Waals surface area contributed by atoms with Crippen LogP contribution in [0.3, 0.4) is 0 Å². The number of fused-ring (bicyclic) bond motifs is 2. The first-order chi connectivity index (χ1) is 40.9. The predicted octanol–water partition coefficient (Wildman–Crippen LogP) is 0.956. The minimum atomic E-state index is -5.79. The number of phosphoric acid groups is 3. The number of carbonyl (C=O) groups is 3. The van der Waals surface area contributed by atoms with E-state index in [0.29, 0.717) is 88.0 Å². The molecule has 0 saturated carbocycles. The summed E-state index contributed by atoms with van der Waals surface area (Å²) in [7, 11) is -20.8. The second kappa shape index (κ2) is 35.4. The number of unbranched alkanes of at least 4 members (excludes halogenated alkanes) is 2. The standard InChI is InChI=1S/C45H55N8O19P3S4.2O3S/c1-2-79(76)26-67-37-22-39(70-38(37)24-68-74(62,63)72-75(64,65)71-73(59,60)61)53-23-28(41(48)52-45(53)58)7-6-15-51-44(57)50-14-4-3-5-17-66-25-78-77-18-16-49-42(54)27-8-11-31(43(55)56)34(19-27)40-32-12-9-29(46)20-35(32)69-36-21-30(47)10-13-33(36)40;2*1-4(2)3/h8-13,19-21,23,37-39,46H,2-5,14-18,22,24-26,47H2,1H3,(H,49,54)(H,55,56)(H,62,63)(H,64,65)(H2,48,52,58)(H2,50,51,57)(H2,59,60,61);;/p+1/t37?,38-,39-,79?;;/m1../s1. The van der Waals surface area contributed by atoms with Gasteiger partial charge in [-0.05, 0) is 78.2 Å². The van der Waals surface area contributed by atoms with E-state index in [-0.39, 0.29) is 47.3 Å². The molecule has 6 rings (SSSR count). The van der Waals surface area contributed by atoms with Crippen LogP contribution in [0.5, 0.6) is 0 Å². The van der Waals surface area contributed by atoms with Gasteiger partial charge in [0.1, 0.15) is 35.4 Å². The van der Waals surface area contributed by atoms with E-state index in [9.17, 15) is 47.8 Å². The third kappa shape index (κ3) is 26.0. The number of aromatic nitrogens is 2. The van der Waals surface area contributed by atoms with Crippen molar-refractivity contribution in [3.8, 4) is 34.3 Å². The summed E-state index contributed by atoms with van der Waals surface area (Å²) >= 11 is 5.32. The lowest BCUT2D eigenvalue weighted by molar-refractivity contribution is -0.172. The number of phosphoric ester groups is 1. The van der Waals surface area contributed by atoms with Gasteiger partial charge in [0.25, 0.3) is 5.91 Å². The smallest absolute Gasteiger partial charge is 0.478 e. The van der Waals surface area contributed by atoms with Gasteiger partial charge in [0, 0.05) is 78.0 Å². The van der Waals surface area contributed by atoms with Crippen molar-refractivity contribution in [1.29, 1.82) is 0 Å². The Balaban J connectivity index is 0.00000190. The SMILES string of the molecule is CCS(=S)COC1C[C@H](n2cc(C#CCNC(=O)NCCCCCOCSSCCNC(=O)c3ccc(C(=O)O)c(-c4c5ccc(=[NH2+])cc-5oc5cc(N)ccc45)c3)c(N)nc2=O)O[C@@H]1COP(=O)(O)OP(=O)(O)OP(=O)(O)O.O=S(=O)=O.O=S(=O)=O.